The third kappa shape index (κ3) is 8.48. The number of aliphatic hydroxyl groups excluding tert-OH is 1. The molecule has 0 spiro atoms. The second-order valence-electron chi connectivity index (χ2n) is 8.09. The fourth-order valence-corrected chi connectivity index (χ4v) is 3.70. The first-order valence-corrected chi connectivity index (χ1v) is 10.9. The van der Waals surface area contributed by atoms with Gasteiger partial charge in [-0.1, -0.05) is 76.6 Å². The van der Waals surface area contributed by atoms with Gasteiger partial charge in [-0.3, -0.25) is 0 Å². The first-order chi connectivity index (χ1) is 13.4. The van der Waals surface area contributed by atoms with Gasteiger partial charge in [0.05, 0.1) is 5.76 Å². The standard InChI is InChI=1S/C19H24O.C7H17N/c1-4-16(11-10-15(3)20)13-19-14(2)9-12-17-7-5-6-8-18(17)19;1-3-5-6-7(8)4-2/h4-8,10-11,14,19-20H,1,9,12-13H2,2-3H3;7H,3-6,8H2,1-2H3/b15-10+,16-11+;/t14?,19-;/m1./s1. The molecule has 2 unspecified atom stereocenters. The average Bonchev–Trinajstić information content (AvgIpc) is 2.71. The molecule has 0 saturated heterocycles. The van der Waals surface area contributed by atoms with E-state index in [4.69, 9.17) is 5.73 Å². The van der Waals surface area contributed by atoms with Crippen LogP contribution in [-0.4, -0.2) is 11.1 Å². The number of aliphatic hydroxyl groups is 1. The van der Waals surface area contributed by atoms with Crippen molar-refractivity contribution in [3.8, 4) is 0 Å². The Labute approximate surface area is 173 Å². The Morgan fingerprint density at radius 1 is 1.29 bits per heavy atom. The van der Waals surface area contributed by atoms with E-state index in [2.05, 4.69) is 51.6 Å². The van der Waals surface area contributed by atoms with Gasteiger partial charge in [0.25, 0.3) is 0 Å². The first-order valence-electron chi connectivity index (χ1n) is 10.9. The molecular formula is C26H41NO. The molecule has 3 atom stereocenters. The number of allylic oxidation sites excluding steroid dienone is 5. The summed E-state index contributed by atoms with van der Waals surface area (Å²) in [5.41, 5.74) is 9.83. The molecule has 0 aliphatic heterocycles. The molecule has 3 N–H and O–H groups in total. The molecule has 0 radical (unpaired) electrons. The largest absolute Gasteiger partial charge is 0.513 e. The van der Waals surface area contributed by atoms with Crippen molar-refractivity contribution in [1.82, 2.24) is 0 Å². The molecular weight excluding hydrogens is 342 g/mol. The molecule has 1 aromatic rings. The summed E-state index contributed by atoms with van der Waals surface area (Å²) in [6.45, 7) is 12.3. The van der Waals surface area contributed by atoms with E-state index in [1.807, 2.05) is 12.2 Å². The normalized spacial score (nSPS) is 20.6. The zero-order chi connectivity index (χ0) is 20.9. The van der Waals surface area contributed by atoms with Crippen LogP contribution in [-0.2, 0) is 6.42 Å². The third-order valence-electron chi connectivity index (χ3n) is 5.72. The molecule has 2 rings (SSSR count). The monoisotopic (exact) mass is 383 g/mol. The van der Waals surface area contributed by atoms with Crippen LogP contribution in [0.25, 0.3) is 0 Å². The van der Waals surface area contributed by atoms with Gasteiger partial charge in [0.2, 0.25) is 0 Å². The number of unbranched alkanes of at least 4 members (excludes halogenated alkanes) is 1. The van der Waals surface area contributed by atoms with Gasteiger partial charge in [0, 0.05) is 6.04 Å². The van der Waals surface area contributed by atoms with E-state index in [9.17, 15) is 5.11 Å². The molecule has 2 nitrogen and oxygen atoms in total. The smallest absolute Gasteiger partial charge is 0.0891 e. The number of fused-ring (bicyclic) bond motifs is 1. The van der Waals surface area contributed by atoms with Gasteiger partial charge in [-0.05, 0) is 73.6 Å². The van der Waals surface area contributed by atoms with Crippen LogP contribution < -0.4 is 5.73 Å². The van der Waals surface area contributed by atoms with Crippen LogP contribution in [0.3, 0.4) is 0 Å². The summed E-state index contributed by atoms with van der Waals surface area (Å²) >= 11 is 0. The van der Waals surface area contributed by atoms with Gasteiger partial charge < -0.3 is 10.8 Å². The summed E-state index contributed by atoms with van der Waals surface area (Å²) in [6, 6.07) is 9.25. The van der Waals surface area contributed by atoms with Gasteiger partial charge in [-0.2, -0.15) is 0 Å². The number of rotatable bonds is 8. The van der Waals surface area contributed by atoms with E-state index in [1.165, 1.54) is 48.8 Å². The predicted molar refractivity (Wildman–Crippen MR) is 124 cm³/mol. The Morgan fingerprint density at radius 3 is 2.61 bits per heavy atom. The Balaban J connectivity index is 0.000000416. The van der Waals surface area contributed by atoms with Crippen molar-refractivity contribution in [2.45, 2.75) is 84.6 Å². The van der Waals surface area contributed by atoms with Gasteiger partial charge in [-0.25, -0.2) is 0 Å². The van der Waals surface area contributed by atoms with Gasteiger partial charge in [0.1, 0.15) is 0 Å². The van der Waals surface area contributed by atoms with Crippen LogP contribution in [0.5, 0.6) is 0 Å². The zero-order valence-corrected chi connectivity index (χ0v) is 18.5. The molecule has 2 heteroatoms. The summed E-state index contributed by atoms with van der Waals surface area (Å²) < 4.78 is 0. The maximum atomic E-state index is 9.29. The molecule has 0 fully saturated rings. The molecule has 0 heterocycles. The fraction of sp³-hybridized carbons (Fsp3) is 0.538. The summed E-state index contributed by atoms with van der Waals surface area (Å²) in [6.07, 6.45) is 13.9. The van der Waals surface area contributed by atoms with Crippen LogP contribution >= 0.6 is 0 Å². The van der Waals surface area contributed by atoms with Gasteiger partial charge in [0.15, 0.2) is 0 Å². The molecule has 0 bridgehead atoms. The topological polar surface area (TPSA) is 46.2 Å². The van der Waals surface area contributed by atoms with E-state index in [1.54, 1.807) is 13.0 Å². The maximum absolute atomic E-state index is 9.29. The Hall–Kier alpha value is -1.80. The van der Waals surface area contributed by atoms with Crippen molar-refractivity contribution >= 4 is 0 Å². The molecule has 0 amide bonds. The molecule has 0 aromatic heterocycles. The van der Waals surface area contributed by atoms with E-state index in [0.29, 0.717) is 23.6 Å². The van der Waals surface area contributed by atoms with Crippen LogP contribution in [0, 0.1) is 5.92 Å². The first kappa shape index (κ1) is 24.2. The lowest BCUT2D eigenvalue weighted by Gasteiger charge is -2.31. The maximum Gasteiger partial charge on any atom is 0.0891 e. The predicted octanol–water partition coefficient (Wildman–Crippen LogP) is 7.23. The van der Waals surface area contributed by atoms with Crippen molar-refractivity contribution in [2.24, 2.45) is 11.7 Å². The van der Waals surface area contributed by atoms with Crippen LogP contribution in [0.2, 0.25) is 0 Å². The molecule has 0 saturated carbocycles. The lowest BCUT2D eigenvalue weighted by molar-refractivity contribution is 0.401. The summed E-state index contributed by atoms with van der Waals surface area (Å²) in [7, 11) is 0. The van der Waals surface area contributed by atoms with E-state index in [0.717, 1.165) is 12.8 Å². The molecule has 1 aliphatic rings. The highest BCUT2D eigenvalue weighted by Gasteiger charge is 2.26. The highest BCUT2D eigenvalue weighted by atomic mass is 16.3. The molecule has 1 aromatic carbocycles. The SMILES string of the molecule is C=C/C(=C\C=C(/C)O)C[C@H]1c2ccccc2CCC1C.CCCCC(N)CC. The second-order valence-corrected chi connectivity index (χ2v) is 8.09. The van der Waals surface area contributed by atoms with Crippen molar-refractivity contribution in [3.05, 3.63) is 71.5 Å². The van der Waals surface area contributed by atoms with Gasteiger partial charge in [-0.15, -0.1) is 0 Å². The minimum atomic E-state index is 0.335. The van der Waals surface area contributed by atoms with Gasteiger partial charge >= 0.3 is 0 Å². The third-order valence-corrected chi connectivity index (χ3v) is 5.72. The van der Waals surface area contributed by atoms with Crippen molar-refractivity contribution in [3.63, 3.8) is 0 Å². The Morgan fingerprint density at radius 2 is 2.00 bits per heavy atom. The summed E-state index contributed by atoms with van der Waals surface area (Å²) in [4.78, 5) is 0. The summed E-state index contributed by atoms with van der Waals surface area (Å²) in [5.74, 6) is 1.57. The molecule has 1 aliphatic carbocycles. The van der Waals surface area contributed by atoms with Crippen LogP contribution in [0.4, 0.5) is 0 Å². The minimum Gasteiger partial charge on any atom is -0.513 e. The highest BCUT2D eigenvalue weighted by Crippen LogP contribution is 2.39. The number of benzene rings is 1. The fourth-order valence-electron chi connectivity index (χ4n) is 3.70. The van der Waals surface area contributed by atoms with Crippen LogP contribution in [0.15, 0.2) is 60.4 Å². The number of aryl methyl sites for hydroxylation is 1. The number of hydrogen-bond donors (Lipinski definition) is 2. The lowest BCUT2D eigenvalue weighted by Crippen LogP contribution is -2.18. The summed E-state index contributed by atoms with van der Waals surface area (Å²) in [5, 5.41) is 9.29. The average molecular weight is 384 g/mol. The number of hydrogen-bond acceptors (Lipinski definition) is 2. The quantitative estimate of drug-likeness (QED) is 0.367. The minimum absolute atomic E-state index is 0.335. The number of nitrogens with two attached hydrogens (primary N) is 1. The molecule has 156 valence electrons. The Bertz CT molecular complexity index is 640. The van der Waals surface area contributed by atoms with Crippen molar-refractivity contribution in [2.75, 3.05) is 0 Å². The van der Waals surface area contributed by atoms with E-state index in [-0.39, 0.29) is 0 Å². The van der Waals surface area contributed by atoms with Crippen molar-refractivity contribution < 1.29 is 5.11 Å². The Kier molecular flexibility index (Phi) is 11.6. The lowest BCUT2D eigenvalue weighted by atomic mass is 9.73. The zero-order valence-electron chi connectivity index (χ0n) is 18.5. The van der Waals surface area contributed by atoms with E-state index >= 15 is 0 Å². The second kappa shape index (κ2) is 13.4. The van der Waals surface area contributed by atoms with E-state index < -0.39 is 0 Å². The van der Waals surface area contributed by atoms with Crippen LogP contribution in [0.1, 0.15) is 83.3 Å². The van der Waals surface area contributed by atoms with Crippen molar-refractivity contribution in [1.29, 1.82) is 0 Å². The molecule has 28 heavy (non-hydrogen) atoms. The highest BCUT2D eigenvalue weighted by molar-refractivity contribution is 5.36.